The van der Waals surface area contributed by atoms with Gasteiger partial charge in [-0.3, -0.25) is 0 Å². The number of nitrogen functional groups attached to an aromatic ring is 1. The lowest BCUT2D eigenvalue weighted by atomic mass is 10.2. The molecule has 1 heterocycles. The Morgan fingerprint density at radius 2 is 1.90 bits per heavy atom. The SMILES string of the molecule is CCc1nc(NN)c(C)c(NCCN(C)C2CCCC2)n1. The third-order valence-electron chi connectivity index (χ3n) is 4.35. The average Bonchev–Trinajstić information content (AvgIpc) is 3.03. The normalized spacial score (nSPS) is 15.7. The van der Waals surface area contributed by atoms with E-state index in [1.807, 2.05) is 13.8 Å². The lowest BCUT2D eigenvalue weighted by Crippen LogP contribution is -2.33. The minimum atomic E-state index is 0.702. The maximum absolute atomic E-state index is 5.53. The number of aromatic nitrogens is 2. The molecule has 1 fully saturated rings. The Balaban J connectivity index is 1.92. The highest BCUT2D eigenvalue weighted by Gasteiger charge is 2.19. The molecule has 118 valence electrons. The van der Waals surface area contributed by atoms with Crippen molar-refractivity contribution < 1.29 is 0 Å². The molecule has 1 aromatic rings. The van der Waals surface area contributed by atoms with Gasteiger partial charge in [0.1, 0.15) is 17.5 Å². The minimum absolute atomic E-state index is 0.702. The third kappa shape index (κ3) is 4.04. The summed E-state index contributed by atoms with van der Waals surface area (Å²) in [5.41, 5.74) is 3.62. The van der Waals surface area contributed by atoms with Gasteiger partial charge in [-0.15, -0.1) is 0 Å². The van der Waals surface area contributed by atoms with Gasteiger partial charge in [0.25, 0.3) is 0 Å². The van der Waals surface area contributed by atoms with Crippen LogP contribution in [0, 0.1) is 6.92 Å². The van der Waals surface area contributed by atoms with E-state index in [9.17, 15) is 0 Å². The monoisotopic (exact) mass is 292 g/mol. The molecule has 0 aromatic carbocycles. The number of anilines is 2. The summed E-state index contributed by atoms with van der Waals surface area (Å²) in [6, 6.07) is 0.755. The first-order valence-corrected chi connectivity index (χ1v) is 7.94. The highest BCUT2D eigenvalue weighted by atomic mass is 15.3. The summed E-state index contributed by atoms with van der Waals surface area (Å²) in [7, 11) is 2.22. The molecule has 21 heavy (non-hydrogen) atoms. The van der Waals surface area contributed by atoms with Crippen molar-refractivity contribution in [3.8, 4) is 0 Å². The number of hydrogen-bond acceptors (Lipinski definition) is 6. The molecular formula is C15H28N6. The van der Waals surface area contributed by atoms with Gasteiger partial charge in [-0.1, -0.05) is 19.8 Å². The topological polar surface area (TPSA) is 79.1 Å². The molecule has 1 aliphatic carbocycles. The number of aryl methyl sites for hydroxylation is 1. The molecule has 4 N–H and O–H groups in total. The van der Waals surface area contributed by atoms with E-state index in [0.717, 1.165) is 42.8 Å². The molecule has 6 heteroatoms. The van der Waals surface area contributed by atoms with Crippen molar-refractivity contribution >= 4 is 11.6 Å². The second kappa shape index (κ2) is 7.56. The molecule has 0 unspecified atom stereocenters. The van der Waals surface area contributed by atoms with Crippen molar-refractivity contribution in [2.24, 2.45) is 5.84 Å². The molecule has 0 radical (unpaired) electrons. The van der Waals surface area contributed by atoms with Crippen molar-refractivity contribution in [1.82, 2.24) is 14.9 Å². The summed E-state index contributed by atoms with van der Waals surface area (Å²) in [5.74, 6) is 7.92. The fraction of sp³-hybridized carbons (Fsp3) is 0.733. The molecule has 0 amide bonds. The van der Waals surface area contributed by atoms with Crippen LogP contribution in [0.1, 0.15) is 44.0 Å². The van der Waals surface area contributed by atoms with Crippen LogP contribution < -0.4 is 16.6 Å². The van der Waals surface area contributed by atoms with Gasteiger partial charge in [-0.2, -0.15) is 0 Å². The zero-order valence-electron chi connectivity index (χ0n) is 13.4. The van der Waals surface area contributed by atoms with E-state index < -0.39 is 0 Å². The van der Waals surface area contributed by atoms with Crippen LogP contribution in [0.3, 0.4) is 0 Å². The van der Waals surface area contributed by atoms with E-state index in [-0.39, 0.29) is 0 Å². The van der Waals surface area contributed by atoms with Crippen molar-refractivity contribution in [3.63, 3.8) is 0 Å². The second-order valence-electron chi connectivity index (χ2n) is 5.81. The van der Waals surface area contributed by atoms with Crippen molar-refractivity contribution in [1.29, 1.82) is 0 Å². The highest BCUT2D eigenvalue weighted by molar-refractivity contribution is 5.56. The number of nitrogens with two attached hydrogens (primary N) is 1. The Hall–Kier alpha value is -1.40. The van der Waals surface area contributed by atoms with Crippen LogP contribution in [0.2, 0.25) is 0 Å². The number of nitrogens with one attached hydrogen (secondary N) is 2. The number of nitrogens with zero attached hydrogens (tertiary/aromatic N) is 3. The second-order valence-corrected chi connectivity index (χ2v) is 5.81. The Morgan fingerprint density at radius 1 is 1.24 bits per heavy atom. The summed E-state index contributed by atoms with van der Waals surface area (Å²) in [5, 5.41) is 3.43. The Bertz CT molecular complexity index is 456. The van der Waals surface area contributed by atoms with Crippen LogP contribution in [-0.2, 0) is 6.42 Å². The van der Waals surface area contributed by atoms with E-state index in [2.05, 4.69) is 32.7 Å². The quantitative estimate of drug-likeness (QED) is 0.526. The van der Waals surface area contributed by atoms with Gasteiger partial charge in [0.05, 0.1) is 0 Å². The van der Waals surface area contributed by atoms with Gasteiger partial charge in [0, 0.05) is 31.1 Å². The zero-order chi connectivity index (χ0) is 15.2. The van der Waals surface area contributed by atoms with Crippen LogP contribution >= 0.6 is 0 Å². The van der Waals surface area contributed by atoms with E-state index in [1.54, 1.807) is 0 Å². The maximum atomic E-state index is 5.53. The summed E-state index contributed by atoms with van der Waals surface area (Å²) in [6.07, 6.45) is 6.22. The third-order valence-corrected chi connectivity index (χ3v) is 4.35. The summed E-state index contributed by atoms with van der Waals surface area (Å²) < 4.78 is 0. The fourth-order valence-electron chi connectivity index (χ4n) is 2.91. The van der Waals surface area contributed by atoms with Crippen LogP contribution in [0.15, 0.2) is 0 Å². The Labute approximate surface area is 127 Å². The lowest BCUT2D eigenvalue weighted by molar-refractivity contribution is 0.254. The molecular weight excluding hydrogens is 264 g/mol. The van der Waals surface area contributed by atoms with Gasteiger partial charge >= 0.3 is 0 Å². The first-order valence-electron chi connectivity index (χ1n) is 7.94. The predicted octanol–water partition coefficient (Wildman–Crippen LogP) is 1.92. The number of hydrazine groups is 1. The molecule has 0 spiro atoms. The standard InChI is InChI=1S/C15H28N6/c1-4-13-18-14(11(2)15(19-13)20-16)17-9-10-21(3)12-7-5-6-8-12/h12H,4-10,16H2,1-3H3,(H2,17,18,19,20). The van der Waals surface area contributed by atoms with Gasteiger partial charge in [-0.25, -0.2) is 15.8 Å². The zero-order valence-corrected chi connectivity index (χ0v) is 13.4. The predicted molar refractivity (Wildman–Crippen MR) is 87.3 cm³/mol. The largest absolute Gasteiger partial charge is 0.368 e. The molecule has 0 atom stereocenters. The first kappa shape index (κ1) is 16.0. The van der Waals surface area contributed by atoms with Gasteiger partial charge < -0.3 is 15.6 Å². The van der Waals surface area contributed by atoms with Crippen molar-refractivity contribution in [2.45, 2.75) is 52.0 Å². The fourth-order valence-corrected chi connectivity index (χ4v) is 2.91. The van der Waals surface area contributed by atoms with Crippen LogP contribution in [0.25, 0.3) is 0 Å². The molecule has 0 bridgehead atoms. The number of hydrogen-bond donors (Lipinski definition) is 3. The Morgan fingerprint density at radius 3 is 2.52 bits per heavy atom. The molecule has 2 rings (SSSR count). The highest BCUT2D eigenvalue weighted by Crippen LogP contribution is 2.22. The van der Waals surface area contributed by atoms with E-state index in [4.69, 9.17) is 5.84 Å². The summed E-state index contributed by atoms with van der Waals surface area (Å²) in [4.78, 5) is 11.4. The number of likely N-dealkylation sites (N-methyl/N-ethyl adjacent to an activating group) is 1. The van der Waals surface area contributed by atoms with Gasteiger partial charge in [0.15, 0.2) is 0 Å². The van der Waals surface area contributed by atoms with Crippen molar-refractivity contribution in [2.75, 3.05) is 30.9 Å². The summed E-state index contributed by atoms with van der Waals surface area (Å²) in [6.45, 7) is 5.94. The number of rotatable bonds is 7. The molecule has 1 saturated carbocycles. The summed E-state index contributed by atoms with van der Waals surface area (Å²) >= 11 is 0. The van der Waals surface area contributed by atoms with Crippen LogP contribution in [0.4, 0.5) is 11.6 Å². The van der Waals surface area contributed by atoms with Gasteiger partial charge in [0.2, 0.25) is 0 Å². The smallest absolute Gasteiger partial charge is 0.148 e. The van der Waals surface area contributed by atoms with E-state index >= 15 is 0 Å². The molecule has 1 aliphatic rings. The van der Waals surface area contributed by atoms with Crippen molar-refractivity contribution in [3.05, 3.63) is 11.4 Å². The van der Waals surface area contributed by atoms with Crippen LogP contribution in [0.5, 0.6) is 0 Å². The Kier molecular flexibility index (Phi) is 5.76. The maximum Gasteiger partial charge on any atom is 0.148 e. The van der Waals surface area contributed by atoms with Gasteiger partial charge in [-0.05, 0) is 26.8 Å². The molecule has 6 nitrogen and oxygen atoms in total. The molecule has 1 aromatic heterocycles. The average molecular weight is 292 g/mol. The molecule has 0 aliphatic heterocycles. The van der Waals surface area contributed by atoms with Crippen LogP contribution in [-0.4, -0.2) is 41.0 Å². The molecule has 0 saturated heterocycles. The van der Waals surface area contributed by atoms with E-state index in [1.165, 1.54) is 25.7 Å². The minimum Gasteiger partial charge on any atom is -0.368 e. The first-order chi connectivity index (χ1) is 10.2. The lowest BCUT2D eigenvalue weighted by Gasteiger charge is -2.24. The van der Waals surface area contributed by atoms with E-state index in [0.29, 0.717) is 5.82 Å².